The lowest BCUT2D eigenvalue weighted by atomic mass is 10.2. The lowest BCUT2D eigenvalue weighted by Crippen LogP contribution is -2.07. The zero-order valence-corrected chi connectivity index (χ0v) is 7.64. The van der Waals surface area contributed by atoms with Crippen LogP contribution in [-0.4, -0.2) is 10.7 Å². The highest BCUT2D eigenvalue weighted by Gasteiger charge is 2.15. The third-order valence-corrected chi connectivity index (χ3v) is 1.66. The van der Waals surface area contributed by atoms with E-state index in [9.17, 15) is 14.9 Å². The number of hydrogen-bond donors (Lipinski definition) is 0. The summed E-state index contributed by atoms with van der Waals surface area (Å²) in [5.41, 5.74) is 0.255. The van der Waals surface area contributed by atoms with Crippen LogP contribution in [0.5, 0.6) is 0 Å². The molecule has 4 nitrogen and oxygen atoms in total. The van der Waals surface area contributed by atoms with Crippen LogP contribution in [-0.2, 0) is 4.79 Å². The number of hydrogen-bond acceptors (Lipinski definition) is 3. The fourth-order valence-electron chi connectivity index (χ4n) is 0.990. The van der Waals surface area contributed by atoms with Crippen molar-refractivity contribution in [1.82, 2.24) is 0 Å². The molecule has 0 bridgehead atoms. The number of ketones is 1. The van der Waals surface area contributed by atoms with E-state index in [0.717, 1.165) is 0 Å². The number of benzene rings is 1. The monoisotopic (exact) mass is 191 g/mol. The molecule has 0 saturated carbocycles. The molecule has 0 aromatic heterocycles. The number of nitro groups is 1. The summed E-state index contributed by atoms with van der Waals surface area (Å²) in [5.74, 6) is -0.543. The van der Waals surface area contributed by atoms with E-state index in [-0.39, 0.29) is 0 Å². The number of nitrogens with zero attached hydrogens (tertiary/aromatic N) is 1. The van der Waals surface area contributed by atoms with E-state index < -0.39 is 16.4 Å². The van der Waals surface area contributed by atoms with Crippen molar-refractivity contribution in [2.24, 2.45) is 0 Å². The number of allylic oxidation sites excluding steroid dienone is 1. The molecule has 0 aliphatic carbocycles. The van der Waals surface area contributed by atoms with Crippen molar-refractivity contribution in [3.8, 4) is 0 Å². The summed E-state index contributed by atoms with van der Waals surface area (Å²) in [6.07, 6.45) is 1.27. The standard InChI is InChI=1S/C10H9NO3/c1-8(12)10(11(13)14)7-9-5-3-2-4-6-9/h2-7H,1H3/b10-7+. The van der Waals surface area contributed by atoms with Gasteiger partial charge in [-0.05, 0) is 5.56 Å². The highest BCUT2D eigenvalue weighted by atomic mass is 16.6. The third-order valence-electron chi connectivity index (χ3n) is 1.66. The lowest BCUT2D eigenvalue weighted by molar-refractivity contribution is -0.417. The summed E-state index contributed by atoms with van der Waals surface area (Å²) in [6, 6.07) is 8.71. The Bertz CT molecular complexity index is 366. The first-order chi connectivity index (χ1) is 6.61. The van der Waals surface area contributed by atoms with E-state index in [2.05, 4.69) is 0 Å². The fraction of sp³-hybridized carbons (Fsp3) is 0.100. The van der Waals surface area contributed by atoms with Gasteiger partial charge in [0.2, 0.25) is 5.78 Å². The van der Waals surface area contributed by atoms with Gasteiger partial charge < -0.3 is 0 Å². The fourth-order valence-corrected chi connectivity index (χ4v) is 0.990. The Hall–Kier alpha value is -1.97. The Kier molecular flexibility index (Phi) is 3.12. The minimum absolute atomic E-state index is 0.392. The zero-order chi connectivity index (χ0) is 10.6. The predicted molar refractivity (Wildman–Crippen MR) is 52.1 cm³/mol. The molecule has 0 aliphatic rings. The van der Waals surface area contributed by atoms with Crippen LogP contribution in [0.2, 0.25) is 0 Å². The van der Waals surface area contributed by atoms with Crippen LogP contribution in [0.4, 0.5) is 0 Å². The quantitative estimate of drug-likeness (QED) is 0.416. The maximum absolute atomic E-state index is 10.9. The SMILES string of the molecule is CC(=O)/C(=C\c1ccccc1)[N+](=O)[O-]. The largest absolute Gasteiger partial charge is 0.312 e. The van der Waals surface area contributed by atoms with Gasteiger partial charge in [-0.25, -0.2) is 0 Å². The van der Waals surface area contributed by atoms with Crippen LogP contribution >= 0.6 is 0 Å². The van der Waals surface area contributed by atoms with Gasteiger partial charge in [0.1, 0.15) is 0 Å². The molecule has 0 heterocycles. The van der Waals surface area contributed by atoms with Gasteiger partial charge in [0.25, 0.3) is 0 Å². The zero-order valence-electron chi connectivity index (χ0n) is 7.64. The topological polar surface area (TPSA) is 60.2 Å². The summed E-state index contributed by atoms with van der Waals surface area (Å²) < 4.78 is 0. The Balaban J connectivity index is 3.06. The van der Waals surface area contributed by atoms with E-state index in [1.807, 2.05) is 0 Å². The van der Waals surface area contributed by atoms with Gasteiger partial charge in [-0.15, -0.1) is 0 Å². The van der Waals surface area contributed by atoms with E-state index in [0.29, 0.717) is 5.56 Å². The van der Waals surface area contributed by atoms with Gasteiger partial charge in [-0.1, -0.05) is 30.3 Å². The van der Waals surface area contributed by atoms with Crippen molar-refractivity contribution in [3.63, 3.8) is 0 Å². The molecule has 1 aromatic carbocycles. The first-order valence-corrected chi connectivity index (χ1v) is 4.03. The number of Topliss-reactive ketones (excluding diaryl/α,β-unsaturated/α-hetero) is 1. The van der Waals surface area contributed by atoms with Crippen molar-refractivity contribution in [2.45, 2.75) is 6.92 Å². The molecular formula is C10H9NO3. The van der Waals surface area contributed by atoms with Gasteiger partial charge in [0.15, 0.2) is 0 Å². The average molecular weight is 191 g/mol. The van der Waals surface area contributed by atoms with E-state index in [1.165, 1.54) is 13.0 Å². The van der Waals surface area contributed by atoms with Gasteiger partial charge >= 0.3 is 5.70 Å². The maximum Gasteiger partial charge on any atom is 0.312 e. The second kappa shape index (κ2) is 4.32. The Labute approximate surface area is 81.0 Å². The first kappa shape index (κ1) is 10.1. The number of rotatable bonds is 3. The smallest absolute Gasteiger partial charge is 0.288 e. The molecule has 1 rings (SSSR count). The van der Waals surface area contributed by atoms with Crippen molar-refractivity contribution in [2.75, 3.05) is 0 Å². The van der Waals surface area contributed by atoms with Crippen molar-refractivity contribution < 1.29 is 9.72 Å². The van der Waals surface area contributed by atoms with Crippen LogP contribution < -0.4 is 0 Å². The minimum atomic E-state index is -0.671. The average Bonchev–Trinajstić information content (AvgIpc) is 2.15. The van der Waals surface area contributed by atoms with E-state index in [1.54, 1.807) is 30.3 Å². The van der Waals surface area contributed by atoms with Crippen LogP contribution in [0.25, 0.3) is 6.08 Å². The molecule has 0 saturated heterocycles. The highest BCUT2D eigenvalue weighted by molar-refractivity contribution is 5.95. The normalized spacial score (nSPS) is 11.1. The van der Waals surface area contributed by atoms with Gasteiger partial charge in [0.05, 0.1) is 4.92 Å². The molecule has 1 aromatic rings. The van der Waals surface area contributed by atoms with Crippen molar-refractivity contribution in [3.05, 3.63) is 51.7 Å². The molecule has 0 radical (unpaired) electrons. The van der Waals surface area contributed by atoms with Crippen LogP contribution in [0.1, 0.15) is 12.5 Å². The second-order valence-electron chi connectivity index (χ2n) is 2.75. The molecule has 0 spiro atoms. The van der Waals surface area contributed by atoms with Crippen LogP contribution in [0.3, 0.4) is 0 Å². The Morgan fingerprint density at radius 2 is 1.93 bits per heavy atom. The Morgan fingerprint density at radius 3 is 2.36 bits per heavy atom. The lowest BCUT2D eigenvalue weighted by Gasteiger charge is -1.93. The number of carbonyl (C=O) groups is 1. The van der Waals surface area contributed by atoms with Gasteiger partial charge in [-0.2, -0.15) is 0 Å². The van der Waals surface area contributed by atoms with Crippen LogP contribution in [0, 0.1) is 10.1 Å². The molecule has 14 heavy (non-hydrogen) atoms. The molecule has 0 N–H and O–H groups in total. The second-order valence-corrected chi connectivity index (χ2v) is 2.75. The molecule has 0 unspecified atom stereocenters. The van der Waals surface area contributed by atoms with E-state index >= 15 is 0 Å². The molecule has 0 atom stereocenters. The summed E-state index contributed by atoms with van der Waals surface area (Å²) in [4.78, 5) is 20.7. The third kappa shape index (κ3) is 2.52. The van der Waals surface area contributed by atoms with Gasteiger partial charge in [-0.3, -0.25) is 14.9 Å². The molecule has 72 valence electrons. The summed E-state index contributed by atoms with van der Waals surface area (Å²) in [6.45, 7) is 1.18. The first-order valence-electron chi connectivity index (χ1n) is 4.03. The summed E-state index contributed by atoms with van der Waals surface area (Å²) in [7, 11) is 0. The van der Waals surface area contributed by atoms with Crippen molar-refractivity contribution in [1.29, 1.82) is 0 Å². The van der Waals surface area contributed by atoms with E-state index in [4.69, 9.17) is 0 Å². The maximum atomic E-state index is 10.9. The number of carbonyl (C=O) groups excluding carboxylic acids is 1. The molecule has 0 aliphatic heterocycles. The Morgan fingerprint density at radius 1 is 1.36 bits per heavy atom. The molecule has 0 amide bonds. The summed E-state index contributed by atoms with van der Waals surface area (Å²) >= 11 is 0. The van der Waals surface area contributed by atoms with Crippen molar-refractivity contribution >= 4 is 11.9 Å². The summed E-state index contributed by atoms with van der Waals surface area (Å²) in [5, 5.41) is 10.5. The molecule has 0 fully saturated rings. The highest BCUT2D eigenvalue weighted by Crippen LogP contribution is 2.07. The molecule has 4 heteroatoms. The minimum Gasteiger partial charge on any atom is -0.288 e. The predicted octanol–water partition coefficient (Wildman–Crippen LogP) is 1.89. The molecular weight excluding hydrogens is 182 g/mol. The van der Waals surface area contributed by atoms with Gasteiger partial charge in [0, 0.05) is 13.0 Å². The van der Waals surface area contributed by atoms with Crippen LogP contribution in [0.15, 0.2) is 36.0 Å².